The van der Waals surface area contributed by atoms with Crippen LogP contribution in [0.15, 0.2) is 61.6 Å². The van der Waals surface area contributed by atoms with Crippen LogP contribution in [-0.2, 0) is 19.8 Å². The van der Waals surface area contributed by atoms with Crippen molar-refractivity contribution < 1.29 is 18.0 Å². The Morgan fingerprint density at radius 3 is 2.50 bits per heavy atom. The molecule has 0 aliphatic carbocycles. The number of nitrogens with zero attached hydrogens (tertiary/aromatic N) is 8. The number of nitriles is 1. The van der Waals surface area contributed by atoms with Gasteiger partial charge in [0.2, 0.25) is 0 Å². The van der Waals surface area contributed by atoms with Gasteiger partial charge in [0, 0.05) is 60.6 Å². The lowest BCUT2D eigenvalue weighted by atomic mass is 10.0. The van der Waals surface area contributed by atoms with Gasteiger partial charge < -0.3 is 5.32 Å². The van der Waals surface area contributed by atoms with Crippen LogP contribution in [0.5, 0.6) is 0 Å². The third kappa shape index (κ3) is 4.27. The Morgan fingerprint density at radius 2 is 1.83 bits per heavy atom. The number of nitrogens with one attached hydrogen (secondary N) is 1. The minimum Gasteiger partial charge on any atom is -0.332 e. The zero-order valence-corrected chi connectivity index (χ0v) is 18.6. The minimum absolute atomic E-state index is 0.0406. The fourth-order valence-corrected chi connectivity index (χ4v) is 3.68. The van der Waals surface area contributed by atoms with E-state index < -0.39 is 17.9 Å². The van der Waals surface area contributed by atoms with E-state index in [0.717, 1.165) is 28.1 Å². The second kappa shape index (κ2) is 8.66. The summed E-state index contributed by atoms with van der Waals surface area (Å²) in [7, 11) is 1.80. The second-order valence-electron chi connectivity index (χ2n) is 7.89. The zero-order chi connectivity index (χ0) is 25.4. The average molecular weight is 491 g/mol. The van der Waals surface area contributed by atoms with E-state index >= 15 is 0 Å². The van der Waals surface area contributed by atoms with Gasteiger partial charge in [-0.3, -0.25) is 9.67 Å². The number of aryl methyl sites for hydroxylation is 1. The summed E-state index contributed by atoms with van der Waals surface area (Å²) in [4.78, 5) is 16.0. The van der Waals surface area contributed by atoms with Crippen LogP contribution in [0.3, 0.4) is 0 Å². The highest BCUT2D eigenvalue weighted by Crippen LogP contribution is 2.31. The van der Waals surface area contributed by atoms with E-state index in [2.05, 4.69) is 31.7 Å². The van der Waals surface area contributed by atoms with Gasteiger partial charge in [-0.1, -0.05) is 6.07 Å². The molecule has 0 spiro atoms. The second-order valence-corrected chi connectivity index (χ2v) is 7.89. The fourth-order valence-electron chi connectivity index (χ4n) is 3.68. The van der Waals surface area contributed by atoms with E-state index in [4.69, 9.17) is 0 Å². The van der Waals surface area contributed by atoms with Crippen LogP contribution in [0, 0.1) is 11.3 Å². The number of amides is 1. The first-order valence-corrected chi connectivity index (χ1v) is 10.5. The highest BCUT2D eigenvalue weighted by atomic mass is 19.4. The maximum Gasteiger partial charge on any atom is 0.433 e. The van der Waals surface area contributed by atoms with Crippen LogP contribution in [0.1, 0.15) is 16.8 Å². The lowest BCUT2D eigenvalue weighted by molar-refractivity contribution is -0.141. The van der Waals surface area contributed by atoms with Crippen LogP contribution in [0.2, 0.25) is 0 Å². The molecule has 1 amide bonds. The summed E-state index contributed by atoms with van der Waals surface area (Å²) in [6.07, 6.45) is 6.29. The Kier molecular flexibility index (Phi) is 5.48. The standard InChI is InChI=1S/C23H16F3N9O/c1-33-11-17(9-30-33)15-4-19(21-16(5-27)8-31-34(21)12-15)18-10-32-35(13-18)22(36)29-7-14-2-3-20(28-6-14)23(24,25)26/h2-4,6,8-13H,7H2,1H3,(H,29,36). The topological polar surface area (TPSA) is 119 Å². The Hall–Kier alpha value is -4.99. The Labute approximate surface area is 201 Å². The number of halogens is 3. The molecule has 0 aliphatic heterocycles. The summed E-state index contributed by atoms with van der Waals surface area (Å²) in [5, 5.41) is 24.7. The molecule has 0 saturated carbocycles. The monoisotopic (exact) mass is 491 g/mol. The molecule has 0 aromatic carbocycles. The van der Waals surface area contributed by atoms with E-state index in [0.29, 0.717) is 27.8 Å². The summed E-state index contributed by atoms with van der Waals surface area (Å²) >= 11 is 0. The van der Waals surface area contributed by atoms with Gasteiger partial charge in [0.15, 0.2) is 0 Å². The predicted octanol–water partition coefficient (Wildman–Crippen LogP) is 3.64. The Balaban J connectivity index is 1.42. The van der Waals surface area contributed by atoms with Gasteiger partial charge >= 0.3 is 12.2 Å². The maximum absolute atomic E-state index is 12.7. The van der Waals surface area contributed by atoms with E-state index in [1.165, 1.54) is 24.7 Å². The first-order chi connectivity index (χ1) is 17.2. The Bertz CT molecular complexity index is 1620. The molecule has 0 saturated heterocycles. The van der Waals surface area contributed by atoms with Gasteiger partial charge in [0.1, 0.15) is 11.8 Å². The van der Waals surface area contributed by atoms with Gasteiger partial charge in [-0.2, -0.15) is 38.4 Å². The molecular weight excluding hydrogens is 475 g/mol. The molecule has 5 aromatic rings. The summed E-state index contributed by atoms with van der Waals surface area (Å²) in [6.45, 7) is -0.0406. The molecule has 0 aliphatic rings. The third-order valence-electron chi connectivity index (χ3n) is 5.43. The molecule has 13 heteroatoms. The lowest BCUT2D eigenvalue weighted by Crippen LogP contribution is -2.28. The predicted molar refractivity (Wildman–Crippen MR) is 120 cm³/mol. The van der Waals surface area contributed by atoms with Crippen LogP contribution >= 0.6 is 0 Å². The highest BCUT2D eigenvalue weighted by molar-refractivity contribution is 5.88. The molecule has 0 atom stereocenters. The van der Waals surface area contributed by atoms with Crippen molar-refractivity contribution in [3.8, 4) is 28.3 Å². The molecule has 36 heavy (non-hydrogen) atoms. The zero-order valence-electron chi connectivity index (χ0n) is 18.6. The Morgan fingerprint density at radius 1 is 1.03 bits per heavy atom. The van der Waals surface area contributed by atoms with Crippen molar-refractivity contribution in [3.05, 3.63) is 78.4 Å². The molecule has 180 valence electrons. The van der Waals surface area contributed by atoms with Crippen molar-refractivity contribution in [1.29, 1.82) is 5.26 Å². The van der Waals surface area contributed by atoms with E-state index in [-0.39, 0.29) is 6.54 Å². The van der Waals surface area contributed by atoms with Crippen LogP contribution < -0.4 is 5.32 Å². The average Bonchev–Trinajstić information content (AvgIpc) is 3.61. The molecule has 5 heterocycles. The first-order valence-electron chi connectivity index (χ1n) is 10.5. The van der Waals surface area contributed by atoms with Crippen molar-refractivity contribution >= 4 is 11.5 Å². The molecule has 5 rings (SSSR count). The van der Waals surface area contributed by atoms with Crippen molar-refractivity contribution in [2.24, 2.45) is 7.05 Å². The van der Waals surface area contributed by atoms with Crippen molar-refractivity contribution in [2.75, 3.05) is 0 Å². The van der Waals surface area contributed by atoms with Crippen molar-refractivity contribution in [2.45, 2.75) is 12.7 Å². The van der Waals surface area contributed by atoms with Gasteiger partial charge in [-0.25, -0.2) is 9.31 Å². The number of aromatic nitrogens is 7. The molecule has 5 aromatic heterocycles. The number of hydrogen-bond acceptors (Lipinski definition) is 6. The normalized spacial score (nSPS) is 11.5. The van der Waals surface area contributed by atoms with Gasteiger partial charge in [-0.05, 0) is 17.7 Å². The highest BCUT2D eigenvalue weighted by Gasteiger charge is 2.32. The number of pyridine rings is 2. The molecule has 0 bridgehead atoms. The molecule has 10 nitrogen and oxygen atoms in total. The van der Waals surface area contributed by atoms with Crippen LogP contribution in [0.25, 0.3) is 27.8 Å². The number of carbonyl (C=O) groups excluding carboxylic acids is 1. The quantitative estimate of drug-likeness (QED) is 0.410. The molecule has 0 radical (unpaired) electrons. The lowest BCUT2D eigenvalue weighted by Gasteiger charge is -2.08. The maximum atomic E-state index is 12.7. The summed E-state index contributed by atoms with van der Waals surface area (Å²) < 4.78 is 42.3. The number of alkyl halides is 3. The minimum atomic E-state index is -4.53. The van der Waals surface area contributed by atoms with E-state index in [1.807, 2.05) is 12.3 Å². The number of rotatable bonds is 4. The SMILES string of the molecule is Cn1cc(-c2cc(-c3cnn(C(=O)NCc4ccc(C(F)(F)F)nc4)c3)c3c(C#N)cnn3c2)cn1. The fraction of sp³-hybridized carbons (Fsp3) is 0.130. The smallest absolute Gasteiger partial charge is 0.332 e. The number of hydrogen-bond donors (Lipinski definition) is 1. The van der Waals surface area contributed by atoms with Crippen LogP contribution in [-0.4, -0.2) is 40.2 Å². The van der Waals surface area contributed by atoms with E-state index in [1.54, 1.807) is 28.6 Å². The summed E-state index contributed by atoms with van der Waals surface area (Å²) in [5.41, 5.74) is 3.13. The van der Waals surface area contributed by atoms with Gasteiger partial charge in [-0.15, -0.1) is 0 Å². The summed E-state index contributed by atoms with van der Waals surface area (Å²) in [6, 6.07) is 5.49. The van der Waals surface area contributed by atoms with Crippen LogP contribution in [0.4, 0.5) is 18.0 Å². The largest absolute Gasteiger partial charge is 0.433 e. The first kappa shape index (κ1) is 22.8. The van der Waals surface area contributed by atoms with Crippen molar-refractivity contribution in [1.82, 2.24) is 39.5 Å². The van der Waals surface area contributed by atoms with E-state index in [9.17, 15) is 23.2 Å². The van der Waals surface area contributed by atoms with Gasteiger partial charge in [0.25, 0.3) is 0 Å². The summed E-state index contributed by atoms with van der Waals surface area (Å²) in [5.74, 6) is 0. The molecule has 0 fully saturated rings. The molecular formula is C23H16F3N9O. The molecule has 1 N–H and O–H groups in total. The van der Waals surface area contributed by atoms with Crippen molar-refractivity contribution in [3.63, 3.8) is 0 Å². The number of fused-ring (bicyclic) bond motifs is 1. The van der Waals surface area contributed by atoms with Gasteiger partial charge in [0.05, 0.1) is 29.7 Å². The third-order valence-corrected chi connectivity index (χ3v) is 5.43. The molecule has 0 unspecified atom stereocenters. The number of carbonyl (C=O) groups is 1.